The quantitative estimate of drug-likeness (QED) is 0.0156. The zero-order chi connectivity index (χ0) is 47.3. The second-order valence-corrected chi connectivity index (χ2v) is 20.9. The maximum Gasteiger partial charge on any atom is 0.472 e. The van der Waals surface area contributed by atoms with Crippen LogP contribution in [0, 0.1) is 0 Å². The molecule has 0 saturated heterocycles. The van der Waals surface area contributed by atoms with Crippen molar-refractivity contribution in [1.29, 1.82) is 0 Å². The van der Waals surface area contributed by atoms with Gasteiger partial charge in [0.25, 0.3) is 0 Å². The molecule has 0 aliphatic carbocycles. The first-order chi connectivity index (χ1) is 30.9. The van der Waals surface area contributed by atoms with Gasteiger partial charge in [-0.1, -0.05) is 212 Å². The third-order valence-corrected chi connectivity index (χ3v) is 12.8. The van der Waals surface area contributed by atoms with Crippen LogP contribution in [0.15, 0.2) is 36.5 Å². The molecule has 3 unspecified atom stereocenters. The molecule has 1 amide bonds. The molecule has 0 spiro atoms. The molecule has 0 saturated carbocycles. The monoisotopic (exact) mass is 924 g/mol. The fraction of sp³-hybridized carbons (Fsp3) is 0.852. The van der Waals surface area contributed by atoms with E-state index in [1.54, 1.807) is 0 Å². The zero-order valence-electron chi connectivity index (χ0n) is 42.8. The van der Waals surface area contributed by atoms with Gasteiger partial charge in [0, 0.05) is 12.8 Å². The Labute approximate surface area is 396 Å². The summed E-state index contributed by atoms with van der Waals surface area (Å²) >= 11 is 0. The number of nitrogens with one attached hydrogen (secondary N) is 1. The van der Waals surface area contributed by atoms with Crippen LogP contribution in [0.1, 0.15) is 245 Å². The Morgan fingerprint density at radius 1 is 0.547 bits per heavy atom. The number of hydrogen-bond donors (Lipinski definition) is 2. The van der Waals surface area contributed by atoms with E-state index in [2.05, 4.69) is 50.4 Å². The molecule has 0 radical (unpaired) electrons. The highest BCUT2D eigenvalue weighted by Gasteiger charge is 2.30. The normalized spacial score (nSPS) is 14.2. The van der Waals surface area contributed by atoms with Crippen molar-refractivity contribution in [3.8, 4) is 0 Å². The standard InChI is InChI=1S/C54H103N2O7P/c1-7-10-13-16-19-22-25-26-27-28-29-32-34-37-40-43-46-53(57)55-51(50-62-64(59,60)61-49-48-56(4,5)6)52(45-42-39-36-33-30-23-20-17-14-11-8-2)63-54(58)47-44-41-38-35-31-24-21-18-15-12-9-3/h27-29,32,42,45,51-52H,7-26,30-31,33-41,43-44,46-50H2,1-6H3,(H-,55,57,59,60)/p+1/b28-27+,32-29+,45-42-. The number of ether oxygens (including phenoxy) is 1. The number of phosphoric ester groups is 1. The van der Waals surface area contributed by atoms with Crippen molar-refractivity contribution in [3.63, 3.8) is 0 Å². The number of rotatable bonds is 48. The predicted octanol–water partition coefficient (Wildman–Crippen LogP) is 15.6. The largest absolute Gasteiger partial charge is 0.472 e. The lowest BCUT2D eigenvalue weighted by molar-refractivity contribution is -0.870. The molecule has 2 N–H and O–H groups in total. The third kappa shape index (κ3) is 45.4. The van der Waals surface area contributed by atoms with E-state index in [1.165, 1.54) is 141 Å². The van der Waals surface area contributed by atoms with E-state index in [4.69, 9.17) is 13.8 Å². The number of nitrogens with zero attached hydrogens (tertiary/aromatic N) is 1. The summed E-state index contributed by atoms with van der Waals surface area (Å²) in [5.74, 6) is -0.533. The molecule has 0 heterocycles. The molecule has 376 valence electrons. The fourth-order valence-electron chi connectivity index (χ4n) is 7.64. The van der Waals surface area contributed by atoms with Crippen LogP contribution in [-0.4, -0.2) is 74.3 Å². The van der Waals surface area contributed by atoms with Crippen molar-refractivity contribution in [2.75, 3.05) is 40.9 Å². The Morgan fingerprint density at radius 2 is 0.938 bits per heavy atom. The molecule has 0 aromatic heterocycles. The molecule has 3 atom stereocenters. The van der Waals surface area contributed by atoms with Gasteiger partial charge < -0.3 is 19.4 Å². The van der Waals surface area contributed by atoms with E-state index >= 15 is 0 Å². The SMILES string of the molecule is CCCCCCCCC/C=C/C=C/CCCCCC(=O)NC(COP(=O)(O)OCC[N+](C)(C)C)C(/C=C\CCCCCCCCCCC)OC(=O)CCCCCCCCCCCCC. The number of unbranched alkanes of at least 4 members (excludes halogenated alkanes) is 29. The highest BCUT2D eigenvalue weighted by atomic mass is 31.2. The van der Waals surface area contributed by atoms with Crippen LogP contribution in [0.3, 0.4) is 0 Å². The highest BCUT2D eigenvalue weighted by Crippen LogP contribution is 2.43. The summed E-state index contributed by atoms with van der Waals surface area (Å²) in [5.41, 5.74) is 0. The predicted molar refractivity (Wildman–Crippen MR) is 272 cm³/mol. The van der Waals surface area contributed by atoms with Gasteiger partial charge in [-0.3, -0.25) is 18.6 Å². The first kappa shape index (κ1) is 62.2. The summed E-state index contributed by atoms with van der Waals surface area (Å²) in [6.45, 7) is 6.97. The maximum atomic E-state index is 13.4. The van der Waals surface area contributed by atoms with Crippen LogP contribution < -0.4 is 5.32 Å². The topological polar surface area (TPSA) is 111 Å². The Kier molecular flexibility index (Phi) is 43.8. The van der Waals surface area contributed by atoms with Gasteiger partial charge >= 0.3 is 13.8 Å². The molecule has 64 heavy (non-hydrogen) atoms. The van der Waals surface area contributed by atoms with Crippen molar-refractivity contribution in [1.82, 2.24) is 5.32 Å². The molecule has 0 rings (SSSR count). The molecular formula is C54H104N2O7P+. The molecule has 0 fully saturated rings. The number of quaternary nitrogens is 1. The number of phosphoric acid groups is 1. The van der Waals surface area contributed by atoms with Gasteiger partial charge in [0.05, 0.1) is 33.8 Å². The van der Waals surface area contributed by atoms with Gasteiger partial charge in [0.15, 0.2) is 0 Å². The third-order valence-electron chi connectivity index (χ3n) is 11.9. The van der Waals surface area contributed by atoms with E-state index < -0.39 is 20.0 Å². The van der Waals surface area contributed by atoms with Crippen molar-refractivity contribution in [2.24, 2.45) is 0 Å². The van der Waals surface area contributed by atoms with E-state index in [0.29, 0.717) is 23.9 Å². The second-order valence-electron chi connectivity index (χ2n) is 19.4. The van der Waals surface area contributed by atoms with Gasteiger partial charge in [-0.25, -0.2) is 4.57 Å². The summed E-state index contributed by atoms with van der Waals surface area (Å²) in [5, 5.41) is 3.02. The lowest BCUT2D eigenvalue weighted by Gasteiger charge is -2.27. The number of likely N-dealkylation sites (N-methyl/N-ethyl adjacent to an activating group) is 1. The molecule has 9 nitrogen and oxygen atoms in total. The molecule has 0 aliphatic rings. The van der Waals surface area contributed by atoms with Crippen molar-refractivity contribution >= 4 is 19.7 Å². The average molecular weight is 924 g/mol. The molecule has 0 bridgehead atoms. The first-order valence-corrected chi connectivity index (χ1v) is 28.3. The zero-order valence-corrected chi connectivity index (χ0v) is 43.7. The Morgan fingerprint density at radius 3 is 1.39 bits per heavy atom. The Bertz CT molecular complexity index is 1200. The second kappa shape index (κ2) is 45.0. The van der Waals surface area contributed by atoms with Crippen LogP contribution in [0.5, 0.6) is 0 Å². The fourth-order valence-corrected chi connectivity index (χ4v) is 8.37. The Hall–Kier alpha value is -1.77. The van der Waals surface area contributed by atoms with Gasteiger partial charge in [0.2, 0.25) is 5.91 Å². The number of carbonyl (C=O) groups excluding carboxylic acids is 2. The van der Waals surface area contributed by atoms with Gasteiger partial charge in [-0.05, 0) is 57.4 Å². The molecular weight excluding hydrogens is 820 g/mol. The van der Waals surface area contributed by atoms with Crippen LogP contribution in [0.25, 0.3) is 0 Å². The number of amides is 1. The van der Waals surface area contributed by atoms with Crippen LogP contribution >= 0.6 is 7.82 Å². The summed E-state index contributed by atoms with van der Waals surface area (Å²) in [6, 6.07) is -0.855. The van der Waals surface area contributed by atoms with Crippen molar-refractivity contribution in [2.45, 2.75) is 258 Å². The lowest BCUT2D eigenvalue weighted by atomic mass is 10.0. The highest BCUT2D eigenvalue weighted by molar-refractivity contribution is 7.47. The number of esters is 1. The summed E-state index contributed by atoms with van der Waals surface area (Å²) < 4.78 is 30.5. The smallest absolute Gasteiger partial charge is 0.456 e. The van der Waals surface area contributed by atoms with Crippen LogP contribution in [-0.2, 0) is 27.9 Å². The molecule has 0 aliphatic heterocycles. The molecule has 0 aromatic carbocycles. The minimum atomic E-state index is -4.44. The van der Waals surface area contributed by atoms with Gasteiger partial charge in [-0.2, -0.15) is 0 Å². The maximum absolute atomic E-state index is 13.4. The Balaban J connectivity index is 5.41. The van der Waals surface area contributed by atoms with Crippen LogP contribution in [0.4, 0.5) is 0 Å². The number of carbonyl (C=O) groups is 2. The lowest BCUT2D eigenvalue weighted by Crippen LogP contribution is -2.47. The van der Waals surface area contributed by atoms with Crippen LogP contribution in [0.2, 0.25) is 0 Å². The minimum Gasteiger partial charge on any atom is -0.456 e. The minimum absolute atomic E-state index is 0.0368. The van der Waals surface area contributed by atoms with Crippen molar-refractivity contribution in [3.05, 3.63) is 36.5 Å². The summed E-state index contributed by atoms with van der Waals surface area (Å²) in [4.78, 5) is 37.4. The van der Waals surface area contributed by atoms with E-state index in [9.17, 15) is 19.0 Å². The van der Waals surface area contributed by atoms with E-state index in [1.807, 2.05) is 33.3 Å². The van der Waals surface area contributed by atoms with Gasteiger partial charge in [-0.15, -0.1) is 0 Å². The first-order valence-electron chi connectivity index (χ1n) is 26.8. The average Bonchev–Trinajstić information content (AvgIpc) is 3.25. The molecule has 0 aromatic rings. The summed E-state index contributed by atoms with van der Waals surface area (Å²) in [7, 11) is 1.48. The van der Waals surface area contributed by atoms with E-state index in [0.717, 1.165) is 64.2 Å². The number of allylic oxidation sites excluding steroid dienone is 5. The number of hydrogen-bond acceptors (Lipinski definition) is 6. The molecule has 10 heteroatoms. The van der Waals surface area contributed by atoms with Crippen molar-refractivity contribution < 1.29 is 37.3 Å². The van der Waals surface area contributed by atoms with Gasteiger partial charge in [0.1, 0.15) is 19.3 Å². The summed E-state index contributed by atoms with van der Waals surface area (Å²) in [6.07, 6.45) is 51.4. The van der Waals surface area contributed by atoms with E-state index in [-0.39, 0.29) is 31.5 Å².